The molecule has 0 spiro atoms. The molecule has 0 radical (unpaired) electrons. The summed E-state index contributed by atoms with van der Waals surface area (Å²) < 4.78 is 25.1. The summed E-state index contributed by atoms with van der Waals surface area (Å²) in [5.41, 5.74) is 6.41. The van der Waals surface area contributed by atoms with Gasteiger partial charge < -0.3 is 14.5 Å². The molecular weight excluding hydrogens is 531 g/mol. The molecule has 1 aromatic heterocycles. The fourth-order valence-corrected chi connectivity index (χ4v) is 4.64. The number of fused-ring (bicyclic) bond motifs is 1. The van der Waals surface area contributed by atoms with Gasteiger partial charge in [0.15, 0.2) is 5.58 Å². The van der Waals surface area contributed by atoms with E-state index in [4.69, 9.17) is 9.15 Å². The molecule has 0 aliphatic carbocycles. The number of hydrazone groups is 1. The van der Waals surface area contributed by atoms with E-state index >= 15 is 0 Å². The minimum atomic E-state index is -0.611. The Morgan fingerprint density at radius 1 is 1.00 bits per heavy atom. The summed E-state index contributed by atoms with van der Waals surface area (Å²) >= 11 is 1.45. The minimum absolute atomic E-state index is 0.0647. The molecule has 8 nitrogen and oxygen atoms in total. The van der Waals surface area contributed by atoms with Crippen LogP contribution in [0.1, 0.15) is 31.8 Å². The second kappa shape index (κ2) is 12.3. The standard InChI is InChI=1S/C30H23FN4O4S/c1-38-26-15-10-19(16-21(26)18-40-30-34-25-8-4-5-9-27(25)39-30)17-32-35-28(36)20-11-13-22(14-12-20)33-29(37)23-6-2-3-7-24(23)31/h2-17H,18H2,1H3,(H,33,37)(H,35,36)/b32-17+. The summed E-state index contributed by atoms with van der Waals surface area (Å²) in [6, 6.07) is 25.1. The smallest absolute Gasteiger partial charge is 0.271 e. The molecule has 0 aliphatic rings. The topological polar surface area (TPSA) is 106 Å². The van der Waals surface area contributed by atoms with E-state index in [2.05, 4.69) is 20.8 Å². The second-order valence-electron chi connectivity index (χ2n) is 8.52. The number of thioether (sulfide) groups is 1. The van der Waals surface area contributed by atoms with Crippen LogP contribution >= 0.6 is 11.8 Å². The predicted molar refractivity (Wildman–Crippen MR) is 152 cm³/mol. The van der Waals surface area contributed by atoms with Crippen LogP contribution in [0.4, 0.5) is 10.1 Å². The number of nitrogens with one attached hydrogen (secondary N) is 2. The molecule has 2 amide bonds. The SMILES string of the molecule is COc1ccc(/C=N/NC(=O)c2ccc(NC(=O)c3ccccc3F)cc2)cc1CSc1nc2ccccc2o1. The quantitative estimate of drug-likeness (QED) is 0.126. The molecule has 0 bridgehead atoms. The monoisotopic (exact) mass is 554 g/mol. The van der Waals surface area contributed by atoms with Gasteiger partial charge in [0, 0.05) is 22.6 Å². The first-order valence-electron chi connectivity index (χ1n) is 12.1. The van der Waals surface area contributed by atoms with Gasteiger partial charge in [-0.05, 0) is 72.3 Å². The summed E-state index contributed by atoms with van der Waals surface area (Å²) in [5, 5.41) is 7.24. The lowest BCUT2D eigenvalue weighted by Gasteiger charge is -2.08. The van der Waals surface area contributed by atoms with Gasteiger partial charge in [0.1, 0.15) is 17.1 Å². The molecule has 200 valence electrons. The van der Waals surface area contributed by atoms with E-state index in [1.807, 2.05) is 42.5 Å². The maximum absolute atomic E-state index is 13.8. The maximum Gasteiger partial charge on any atom is 0.271 e. The zero-order chi connectivity index (χ0) is 27.9. The Balaban J connectivity index is 1.18. The minimum Gasteiger partial charge on any atom is -0.496 e. The molecule has 0 saturated heterocycles. The maximum atomic E-state index is 13.8. The number of halogens is 1. The molecule has 2 N–H and O–H groups in total. The first-order chi connectivity index (χ1) is 19.5. The van der Waals surface area contributed by atoms with E-state index in [0.29, 0.717) is 28.0 Å². The number of oxazole rings is 1. The highest BCUT2D eigenvalue weighted by Crippen LogP contribution is 2.30. The van der Waals surface area contributed by atoms with Gasteiger partial charge in [-0.1, -0.05) is 36.0 Å². The molecule has 0 atom stereocenters. The summed E-state index contributed by atoms with van der Waals surface area (Å²) in [7, 11) is 1.60. The van der Waals surface area contributed by atoms with Crippen LogP contribution in [-0.2, 0) is 5.75 Å². The Morgan fingerprint density at radius 3 is 2.55 bits per heavy atom. The molecule has 0 unspecified atom stereocenters. The highest BCUT2D eigenvalue weighted by atomic mass is 32.2. The number of methoxy groups -OCH3 is 1. The first kappa shape index (κ1) is 26.6. The predicted octanol–water partition coefficient (Wildman–Crippen LogP) is 6.28. The van der Waals surface area contributed by atoms with Crippen LogP contribution in [0.15, 0.2) is 106 Å². The van der Waals surface area contributed by atoms with Crippen LogP contribution < -0.4 is 15.5 Å². The number of aromatic nitrogens is 1. The molecular formula is C30H23FN4O4S. The number of carbonyl (C=O) groups excluding carboxylic acids is 2. The summed E-state index contributed by atoms with van der Waals surface area (Å²) in [6.07, 6.45) is 1.54. The van der Waals surface area contributed by atoms with Gasteiger partial charge in [-0.2, -0.15) is 5.10 Å². The number of hydrogen-bond donors (Lipinski definition) is 2. The normalized spacial score (nSPS) is 11.1. The van der Waals surface area contributed by atoms with E-state index in [1.165, 1.54) is 48.3 Å². The molecule has 0 saturated carbocycles. The van der Waals surface area contributed by atoms with Crippen LogP contribution in [0.5, 0.6) is 5.75 Å². The summed E-state index contributed by atoms with van der Waals surface area (Å²) in [6.45, 7) is 0. The average Bonchev–Trinajstić information content (AvgIpc) is 3.40. The molecule has 1 heterocycles. The van der Waals surface area contributed by atoms with Crippen molar-refractivity contribution >= 4 is 46.6 Å². The lowest BCUT2D eigenvalue weighted by Crippen LogP contribution is -2.18. The Labute approximate surface area is 233 Å². The first-order valence-corrected chi connectivity index (χ1v) is 13.1. The van der Waals surface area contributed by atoms with Gasteiger partial charge in [-0.3, -0.25) is 9.59 Å². The summed E-state index contributed by atoms with van der Waals surface area (Å²) in [4.78, 5) is 29.3. The third-order valence-corrected chi connectivity index (χ3v) is 6.71. The van der Waals surface area contributed by atoms with Crippen molar-refractivity contribution in [3.05, 3.63) is 119 Å². The van der Waals surface area contributed by atoms with E-state index in [0.717, 1.165) is 22.2 Å². The van der Waals surface area contributed by atoms with Gasteiger partial charge in [0.25, 0.3) is 17.0 Å². The molecule has 0 fully saturated rings. The van der Waals surface area contributed by atoms with Gasteiger partial charge >= 0.3 is 0 Å². The van der Waals surface area contributed by atoms with E-state index in [1.54, 1.807) is 25.3 Å². The van der Waals surface area contributed by atoms with Crippen LogP contribution in [-0.4, -0.2) is 30.1 Å². The lowest BCUT2D eigenvalue weighted by molar-refractivity contribution is 0.0954. The highest BCUT2D eigenvalue weighted by Gasteiger charge is 2.12. The Bertz CT molecular complexity index is 1670. The lowest BCUT2D eigenvalue weighted by atomic mass is 10.1. The van der Waals surface area contributed by atoms with Crippen molar-refractivity contribution in [3.8, 4) is 5.75 Å². The van der Waals surface area contributed by atoms with Gasteiger partial charge in [-0.25, -0.2) is 14.8 Å². The summed E-state index contributed by atoms with van der Waals surface area (Å²) in [5.74, 6) is -0.342. The van der Waals surface area contributed by atoms with Crippen molar-refractivity contribution in [3.63, 3.8) is 0 Å². The number of benzene rings is 4. The Morgan fingerprint density at radius 2 is 1.77 bits per heavy atom. The van der Waals surface area contributed by atoms with Crippen LogP contribution in [0.25, 0.3) is 11.1 Å². The van der Waals surface area contributed by atoms with Crippen LogP contribution in [0.3, 0.4) is 0 Å². The Hall–Kier alpha value is -4.96. The van der Waals surface area contributed by atoms with Gasteiger partial charge in [-0.15, -0.1) is 0 Å². The number of carbonyl (C=O) groups is 2. The van der Waals surface area contributed by atoms with Crippen molar-refractivity contribution < 1.29 is 23.1 Å². The van der Waals surface area contributed by atoms with E-state index < -0.39 is 17.6 Å². The van der Waals surface area contributed by atoms with E-state index in [-0.39, 0.29) is 5.56 Å². The molecule has 4 aromatic carbocycles. The van der Waals surface area contributed by atoms with Crippen molar-refractivity contribution in [2.45, 2.75) is 11.0 Å². The number of nitrogens with zero attached hydrogens (tertiary/aromatic N) is 2. The van der Waals surface area contributed by atoms with Crippen LogP contribution in [0.2, 0.25) is 0 Å². The number of amides is 2. The third kappa shape index (κ3) is 6.36. The molecule has 5 aromatic rings. The van der Waals surface area contributed by atoms with Gasteiger partial charge in [0.2, 0.25) is 0 Å². The molecule has 5 rings (SSSR count). The average molecular weight is 555 g/mol. The van der Waals surface area contributed by atoms with Crippen molar-refractivity contribution in [1.82, 2.24) is 10.4 Å². The number of hydrogen-bond acceptors (Lipinski definition) is 7. The fraction of sp³-hybridized carbons (Fsp3) is 0.0667. The second-order valence-corrected chi connectivity index (χ2v) is 9.44. The number of anilines is 1. The van der Waals surface area contributed by atoms with Crippen molar-refractivity contribution in [2.75, 3.05) is 12.4 Å². The number of para-hydroxylation sites is 2. The zero-order valence-corrected chi connectivity index (χ0v) is 22.1. The van der Waals surface area contributed by atoms with Crippen molar-refractivity contribution in [2.24, 2.45) is 5.10 Å². The Kier molecular flexibility index (Phi) is 8.17. The number of ether oxygens (including phenoxy) is 1. The highest BCUT2D eigenvalue weighted by molar-refractivity contribution is 7.98. The van der Waals surface area contributed by atoms with Crippen LogP contribution in [0, 0.1) is 5.82 Å². The number of rotatable bonds is 9. The molecule has 40 heavy (non-hydrogen) atoms. The fourth-order valence-electron chi connectivity index (χ4n) is 3.82. The largest absolute Gasteiger partial charge is 0.496 e. The molecule has 0 aliphatic heterocycles. The molecule has 10 heteroatoms. The van der Waals surface area contributed by atoms with E-state index in [9.17, 15) is 14.0 Å². The van der Waals surface area contributed by atoms with Crippen molar-refractivity contribution in [1.29, 1.82) is 0 Å². The van der Waals surface area contributed by atoms with Gasteiger partial charge in [0.05, 0.1) is 18.9 Å². The zero-order valence-electron chi connectivity index (χ0n) is 21.3. The third-order valence-electron chi connectivity index (χ3n) is 5.83.